The fraction of sp³-hybridized carbons (Fsp3) is 0.462. The van der Waals surface area contributed by atoms with Gasteiger partial charge < -0.3 is 15.4 Å². The van der Waals surface area contributed by atoms with Crippen molar-refractivity contribution in [2.75, 3.05) is 25.6 Å². The molecule has 0 saturated heterocycles. The van der Waals surface area contributed by atoms with Gasteiger partial charge in [0.15, 0.2) is 0 Å². The molecule has 18 heavy (non-hydrogen) atoms. The van der Waals surface area contributed by atoms with Crippen LogP contribution in [-0.2, 0) is 9.53 Å². The Morgan fingerprint density at radius 1 is 1.50 bits per heavy atom. The van der Waals surface area contributed by atoms with Gasteiger partial charge >= 0.3 is 0 Å². The first-order valence-electron chi connectivity index (χ1n) is 5.84. The van der Waals surface area contributed by atoms with E-state index >= 15 is 0 Å². The number of carbonyl (C=O) groups excluding carboxylic acids is 1. The minimum atomic E-state index is -0.428. The van der Waals surface area contributed by atoms with E-state index in [1.165, 1.54) is 12.1 Å². The number of methoxy groups -OCH3 is 1. The van der Waals surface area contributed by atoms with Gasteiger partial charge in [0.25, 0.3) is 0 Å². The van der Waals surface area contributed by atoms with E-state index in [9.17, 15) is 9.18 Å². The van der Waals surface area contributed by atoms with Gasteiger partial charge in [0, 0.05) is 19.3 Å². The van der Waals surface area contributed by atoms with Gasteiger partial charge in [0.1, 0.15) is 11.9 Å². The molecule has 1 rings (SSSR count). The smallest absolute Gasteiger partial charge is 0.242 e. The lowest BCUT2D eigenvalue weighted by molar-refractivity contribution is -0.121. The van der Waals surface area contributed by atoms with Gasteiger partial charge in [-0.2, -0.15) is 0 Å². The number of ether oxygens (including phenoxy) is 1. The molecule has 0 aliphatic heterocycles. The molecule has 0 aliphatic carbocycles. The second-order valence-electron chi connectivity index (χ2n) is 4.11. The Labute approximate surface area is 107 Å². The molecule has 2 N–H and O–H groups in total. The van der Waals surface area contributed by atoms with Crippen molar-refractivity contribution in [1.29, 1.82) is 0 Å². The highest BCUT2D eigenvalue weighted by atomic mass is 19.1. The maximum absolute atomic E-state index is 13.1. The Morgan fingerprint density at radius 3 is 2.89 bits per heavy atom. The van der Waals surface area contributed by atoms with E-state index in [1.807, 2.05) is 6.92 Å². The van der Waals surface area contributed by atoms with Gasteiger partial charge in [-0.3, -0.25) is 4.79 Å². The van der Waals surface area contributed by atoms with Crippen molar-refractivity contribution in [3.8, 4) is 0 Å². The quantitative estimate of drug-likeness (QED) is 0.760. The summed E-state index contributed by atoms with van der Waals surface area (Å²) in [5.41, 5.74) is 1.53. The molecule has 0 fully saturated rings. The number of benzene rings is 1. The molecule has 0 bridgehead atoms. The number of hydrogen-bond donors (Lipinski definition) is 2. The number of nitrogens with one attached hydrogen (secondary N) is 2. The summed E-state index contributed by atoms with van der Waals surface area (Å²) >= 11 is 0. The van der Waals surface area contributed by atoms with Gasteiger partial charge in [-0.1, -0.05) is 6.07 Å². The van der Waals surface area contributed by atoms with Crippen molar-refractivity contribution in [2.24, 2.45) is 0 Å². The Balaban J connectivity index is 2.55. The van der Waals surface area contributed by atoms with Crippen LogP contribution in [0, 0.1) is 12.7 Å². The van der Waals surface area contributed by atoms with Crippen molar-refractivity contribution in [1.82, 2.24) is 5.32 Å². The minimum absolute atomic E-state index is 0.143. The van der Waals surface area contributed by atoms with Crippen LogP contribution in [0.25, 0.3) is 0 Å². The van der Waals surface area contributed by atoms with Crippen LogP contribution >= 0.6 is 0 Å². The number of anilines is 1. The second-order valence-corrected chi connectivity index (χ2v) is 4.11. The number of halogens is 1. The molecular formula is C13H19FN2O2. The van der Waals surface area contributed by atoms with E-state index in [1.54, 1.807) is 20.1 Å². The van der Waals surface area contributed by atoms with Gasteiger partial charge in [-0.25, -0.2) is 4.39 Å². The van der Waals surface area contributed by atoms with Crippen LogP contribution < -0.4 is 10.6 Å². The summed E-state index contributed by atoms with van der Waals surface area (Å²) in [4.78, 5) is 11.7. The maximum atomic E-state index is 13.1. The molecule has 0 aromatic heterocycles. The molecule has 0 heterocycles. The minimum Gasteiger partial charge on any atom is -0.383 e. The second kappa shape index (κ2) is 6.96. The molecule has 1 amide bonds. The van der Waals surface area contributed by atoms with Crippen LogP contribution in [0.5, 0.6) is 0 Å². The van der Waals surface area contributed by atoms with E-state index in [2.05, 4.69) is 10.6 Å². The van der Waals surface area contributed by atoms with Crippen LogP contribution in [-0.4, -0.2) is 32.2 Å². The third-order valence-corrected chi connectivity index (χ3v) is 2.57. The Hall–Kier alpha value is -1.62. The molecule has 1 atom stereocenters. The van der Waals surface area contributed by atoms with Gasteiger partial charge in [0.05, 0.1) is 6.61 Å². The lowest BCUT2D eigenvalue weighted by Crippen LogP contribution is -2.39. The standard InChI is InChI=1S/C13H19FN2O2/c1-9-4-5-11(14)8-12(9)16-10(2)13(17)15-6-7-18-3/h4-5,8,10,16H,6-7H2,1-3H3,(H,15,17). The number of hydrogen-bond acceptors (Lipinski definition) is 3. The van der Waals surface area contributed by atoms with Crippen LogP contribution in [0.15, 0.2) is 18.2 Å². The fourth-order valence-corrected chi connectivity index (χ4v) is 1.48. The van der Waals surface area contributed by atoms with Gasteiger partial charge in [0.2, 0.25) is 5.91 Å². The first-order valence-corrected chi connectivity index (χ1v) is 5.84. The van der Waals surface area contributed by atoms with E-state index in [-0.39, 0.29) is 11.7 Å². The average molecular weight is 254 g/mol. The van der Waals surface area contributed by atoms with Crippen molar-refractivity contribution in [3.05, 3.63) is 29.6 Å². The highest BCUT2D eigenvalue weighted by molar-refractivity contribution is 5.84. The monoisotopic (exact) mass is 254 g/mol. The predicted molar refractivity (Wildman–Crippen MR) is 69.1 cm³/mol. The third-order valence-electron chi connectivity index (χ3n) is 2.57. The summed E-state index contributed by atoms with van der Waals surface area (Å²) in [6.45, 7) is 4.52. The zero-order valence-electron chi connectivity index (χ0n) is 10.9. The molecule has 1 aromatic carbocycles. The zero-order valence-corrected chi connectivity index (χ0v) is 10.9. The van der Waals surface area contributed by atoms with Crippen molar-refractivity contribution < 1.29 is 13.9 Å². The molecule has 0 spiro atoms. The summed E-state index contributed by atoms with van der Waals surface area (Å²) in [5.74, 6) is -0.467. The summed E-state index contributed by atoms with van der Waals surface area (Å²) < 4.78 is 17.9. The largest absolute Gasteiger partial charge is 0.383 e. The predicted octanol–water partition coefficient (Wildman–Crippen LogP) is 1.70. The van der Waals surface area contributed by atoms with Gasteiger partial charge in [-0.05, 0) is 31.5 Å². The van der Waals surface area contributed by atoms with Crippen molar-refractivity contribution in [2.45, 2.75) is 19.9 Å². The lowest BCUT2D eigenvalue weighted by atomic mass is 10.1. The van der Waals surface area contributed by atoms with E-state index in [4.69, 9.17) is 4.74 Å². The average Bonchev–Trinajstić information content (AvgIpc) is 2.34. The van der Waals surface area contributed by atoms with Crippen molar-refractivity contribution in [3.63, 3.8) is 0 Å². The highest BCUT2D eigenvalue weighted by Crippen LogP contribution is 2.16. The third kappa shape index (κ3) is 4.33. The molecular weight excluding hydrogens is 235 g/mol. The van der Waals surface area contributed by atoms with Gasteiger partial charge in [-0.15, -0.1) is 0 Å². The highest BCUT2D eigenvalue weighted by Gasteiger charge is 2.13. The Bertz CT molecular complexity index is 410. The SMILES string of the molecule is COCCNC(=O)C(C)Nc1cc(F)ccc1C. The van der Waals surface area contributed by atoms with E-state index in [0.717, 1.165) is 5.56 Å². The molecule has 100 valence electrons. The van der Waals surface area contributed by atoms with E-state index in [0.29, 0.717) is 18.8 Å². The summed E-state index contributed by atoms with van der Waals surface area (Å²) in [6, 6.07) is 4.02. The molecule has 5 heteroatoms. The summed E-state index contributed by atoms with van der Waals surface area (Å²) in [5, 5.41) is 5.70. The topological polar surface area (TPSA) is 50.4 Å². The number of rotatable bonds is 6. The first kappa shape index (κ1) is 14.4. The molecule has 0 saturated carbocycles. The molecule has 0 aliphatic rings. The van der Waals surface area contributed by atoms with E-state index < -0.39 is 6.04 Å². The molecule has 4 nitrogen and oxygen atoms in total. The summed E-state index contributed by atoms with van der Waals surface area (Å²) in [6.07, 6.45) is 0. The first-order chi connectivity index (χ1) is 8.54. The Morgan fingerprint density at radius 2 is 2.22 bits per heavy atom. The van der Waals surface area contributed by atoms with Crippen molar-refractivity contribution >= 4 is 11.6 Å². The lowest BCUT2D eigenvalue weighted by Gasteiger charge is -2.16. The molecule has 1 unspecified atom stereocenters. The molecule has 0 radical (unpaired) electrons. The maximum Gasteiger partial charge on any atom is 0.242 e. The Kier molecular flexibility index (Phi) is 5.58. The molecule has 1 aromatic rings. The zero-order chi connectivity index (χ0) is 13.5. The number of amides is 1. The summed E-state index contributed by atoms with van der Waals surface area (Å²) in [7, 11) is 1.57. The number of carbonyl (C=O) groups is 1. The van der Waals surface area contributed by atoms with Crippen LogP contribution in [0.2, 0.25) is 0 Å². The normalized spacial score (nSPS) is 12.0. The number of aryl methyl sites for hydroxylation is 1. The fourth-order valence-electron chi connectivity index (χ4n) is 1.48. The van der Waals surface area contributed by atoms with Crippen LogP contribution in [0.4, 0.5) is 10.1 Å². The van der Waals surface area contributed by atoms with Crippen LogP contribution in [0.3, 0.4) is 0 Å². The van der Waals surface area contributed by atoms with Crippen LogP contribution in [0.1, 0.15) is 12.5 Å².